The van der Waals surface area contributed by atoms with Crippen LogP contribution in [0.25, 0.3) is 17.2 Å². The third-order valence-corrected chi connectivity index (χ3v) is 5.78. The van der Waals surface area contributed by atoms with Crippen molar-refractivity contribution in [1.29, 1.82) is 0 Å². The molecule has 0 radical (unpaired) electrons. The van der Waals surface area contributed by atoms with Crippen molar-refractivity contribution < 1.29 is 14.3 Å². The van der Waals surface area contributed by atoms with Gasteiger partial charge in [0.2, 0.25) is 0 Å². The molecule has 5 rings (SSSR count). The second-order valence-corrected chi connectivity index (χ2v) is 7.78. The largest absolute Gasteiger partial charge is 0.440 e. The van der Waals surface area contributed by atoms with E-state index in [9.17, 15) is 9.59 Å². The van der Waals surface area contributed by atoms with Gasteiger partial charge >= 0.3 is 6.09 Å². The number of carbonyl (C=O) groups is 2. The average Bonchev–Trinajstić information content (AvgIpc) is 3.49. The predicted octanol–water partition coefficient (Wildman–Crippen LogP) is 5.62. The van der Waals surface area contributed by atoms with E-state index in [1.54, 1.807) is 6.08 Å². The smallest absolute Gasteiger partial charge is 0.418 e. The highest BCUT2D eigenvalue weighted by Crippen LogP contribution is 2.56. The fraction of sp³-hybridized carbons (Fsp3) is 0.154. The number of hydrogen-bond acceptors (Lipinski definition) is 3. The van der Waals surface area contributed by atoms with Crippen LogP contribution in [0.4, 0.5) is 4.79 Å². The van der Waals surface area contributed by atoms with Crippen molar-refractivity contribution in [1.82, 2.24) is 4.90 Å². The molecular formula is C26H21NO3. The summed E-state index contributed by atoms with van der Waals surface area (Å²) in [7, 11) is 0. The van der Waals surface area contributed by atoms with E-state index in [1.165, 1.54) is 11.0 Å². The molecule has 2 aliphatic rings. The Morgan fingerprint density at radius 3 is 2.10 bits per heavy atom. The molecule has 1 saturated heterocycles. The molecule has 2 amide bonds. The zero-order valence-corrected chi connectivity index (χ0v) is 16.4. The topological polar surface area (TPSA) is 46.6 Å². The van der Waals surface area contributed by atoms with Crippen LogP contribution < -0.4 is 0 Å². The minimum absolute atomic E-state index is 0.357. The summed E-state index contributed by atoms with van der Waals surface area (Å²) in [6.07, 6.45) is 4.20. The van der Waals surface area contributed by atoms with Gasteiger partial charge in [-0.2, -0.15) is 0 Å². The highest BCUT2D eigenvalue weighted by atomic mass is 16.6. The molecule has 3 aromatic rings. The van der Waals surface area contributed by atoms with Crippen molar-refractivity contribution in [3.63, 3.8) is 0 Å². The molecule has 4 nitrogen and oxygen atoms in total. The highest BCUT2D eigenvalue weighted by molar-refractivity contribution is 6.02. The monoisotopic (exact) mass is 395 g/mol. The summed E-state index contributed by atoms with van der Waals surface area (Å²) in [5.41, 5.74) is 3.52. The fourth-order valence-electron chi connectivity index (χ4n) is 4.09. The van der Waals surface area contributed by atoms with E-state index in [2.05, 4.69) is 12.1 Å². The average molecular weight is 395 g/mol. The molecule has 1 heterocycles. The lowest BCUT2D eigenvalue weighted by Crippen LogP contribution is -2.34. The molecule has 2 fully saturated rings. The second kappa shape index (κ2) is 7.30. The Hall–Kier alpha value is -3.66. The van der Waals surface area contributed by atoms with Crippen molar-refractivity contribution in [2.75, 3.05) is 0 Å². The summed E-state index contributed by atoms with van der Waals surface area (Å²) in [5.74, 6) is -0.357. The van der Waals surface area contributed by atoms with Crippen molar-refractivity contribution in [3.05, 3.63) is 102 Å². The van der Waals surface area contributed by atoms with Crippen molar-refractivity contribution in [2.45, 2.75) is 24.5 Å². The standard InChI is InChI=1S/C26H21NO3/c28-23(16-13-19-11-14-21(15-12-19)20-7-3-1-4-8-20)27-24(22-9-5-2-6-10-22)26(17-18-26)30-25(27)29/h1-16,24H,17-18H2. The molecule has 148 valence electrons. The van der Waals surface area contributed by atoms with Gasteiger partial charge in [-0.05, 0) is 41.2 Å². The van der Waals surface area contributed by atoms with E-state index < -0.39 is 11.7 Å². The van der Waals surface area contributed by atoms with Crippen molar-refractivity contribution in [2.24, 2.45) is 0 Å². The van der Waals surface area contributed by atoms with Gasteiger partial charge in [-0.25, -0.2) is 9.69 Å². The van der Waals surface area contributed by atoms with Crippen LogP contribution in [0.5, 0.6) is 0 Å². The number of hydrogen-bond donors (Lipinski definition) is 0. The van der Waals surface area contributed by atoms with E-state index in [1.807, 2.05) is 72.8 Å². The maximum atomic E-state index is 13.0. The number of benzene rings is 3. The van der Waals surface area contributed by atoms with Gasteiger partial charge in [-0.3, -0.25) is 4.79 Å². The molecule has 1 spiro atoms. The molecule has 1 aliphatic carbocycles. The van der Waals surface area contributed by atoms with Gasteiger partial charge in [0.15, 0.2) is 0 Å². The SMILES string of the molecule is O=C(C=Cc1ccc(-c2ccccc2)cc1)N1C(=O)OC2(CC2)C1c1ccccc1. The molecule has 1 atom stereocenters. The van der Waals surface area contributed by atoms with Gasteiger partial charge in [0.1, 0.15) is 11.6 Å². The van der Waals surface area contributed by atoms with Crippen LogP contribution in [0, 0.1) is 0 Å². The number of imide groups is 1. The summed E-state index contributed by atoms with van der Waals surface area (Å²) in [6.45, 7) is 0. The molecule has 3 aromatic carbocycles. The summed E-state index contributed by atoms with van der Waals surface area (Å²) in [6, 6.07) is 27.4. The minimum atomic E-state index is -0.560. The number of amides is 2. The van der Waals surface area contributed by atoms with Gasteiger partial charge in [0, 0.05) is 6.08 Å². The second-order valence-electron chi connectivity index (χ2n) is 7.78. The van der Waals surface area contributed by atoms with Gasteiger partial charge in [-0.15, -0.1) is 0 Å². The molecule has 0 N–H and O–H groups in total. The number of ether oxygens (including phenoxy) is 1. The third-order valence-electron chi connectivity index (χ3n) is 5.78. The fourth-order valence-corrected chi connectivity index (χ4v) is 4.09. The van der Waals surface area contributed by atoms with Crippen LogP contribution in [0.15, 0.2) is 91.0 Å². The summed E-state index contributed by atoms with van der Waals surface area (Å²) < 4.78 is 5.61. The van der Waals surface area contributed by atoms with E-state index >= 15 is 0 Å². The summed E-state index contributed by atoms with van der Waals surface area (Å²) in [4.78, 5) is 26.7. The molecule has 0 bridgehead atoms. The Labute approximate surface area is 175 Å². The number of nitrogens with zero attached hydrogens (tertiary/aromatic N) is 1. The van der Waals surface area contributed by atoms with Gasteiger partial charge in [0.05, 0.1) is 0 Å². The first kappa shape index (κ1) is 18.4. The molecule has 4 heteroatoms. The summed E-state index contributed by atoms with van der Waals surface area (Å²) in [5, 5.41) is 0. The molecule has 1 aliphatic heterocycles. The quantitative estimate of drug-likeness (QED) is 0.539. The molecule has 0 aromatic heterocycles. The molecular weight excluding hydrogens is 374 g/mol. The first-order chi connectivity index (χ1) is 14.7. The lowest BCUT2D eigenvalue weighted by molar-refractivity contribution is -0.124. The van der Waals surface area contributed by atoms with E-state index in [4.69, 9.17) is 4.74 Å². The maximum Gasteiger partial charge on any atom is 0.418 e. The molecule has 30 heavy (non-hydrogen) atoms. The van der Waals surface area contributed by atoms with Crippen molar-refractivity contribution >= 4 is 18.1 Å². The Balaban J connectivity index is 1.36. The minimum Gasteiger partial charge on any atom is -0.440 e. The zero-order valence-electron chi connectivity index (χ0n) is 16.4. The Morgan fingerprint density at radius 1 is 0.867 bits per heavy atom. The van der Waals surface area contributed by atoms with Gasteiger partial charge in [0.25, 0.3) is 5.91 Å². The summed E-state index contributed by atoms with van der Waals surface area (Å²) >= 11 is 0. The van der Waals surface area contributed by atoms with E-state index in [-0.39, 0.29) is 11.9 Å². The van der Waals surface area contributed by atoms with Crippen LogP contribution in [-0.2, 0) is 9.53 Å². The molecule has 1 saturated carbocycles. The van der Waals surface area contributed by atoms with Crippen molar-refractivity contribution in [3.8, 4) is 11.1 Å². The lowest BCUT2D eigenvalue weighted by Gasteiger charge is -2.22. The van der Waals surface area contributed by atoms with Gasteiger partial charge in [-0.1, -0.05) is 84.9 Å². The third kappa shape index (κ3) is 3.30. The van der Waals surface area contributed by atoms with E-state index in [0.717, 1.165) is 35.1 Å². The highest BCUT2D eigenvalue weighted by Gasteiger charge is 2.63. The molecule has 1 unspecified atom stereocenters. The predicted molar refractivity (Wildman–Crippen MR) is 115 cm³/mol. The van der Waals surface area contributed by atoms with Crippen LogP contribution in [0.1, 0.15) is 30.0 Å². The Bertz CT molecular complexity index is 1100. The maximum absolute atomic E-state index is 13.0. The zero-order chi connectivity index (χ0) is 20.6. The lowest BCUT2D eigenvalue weighted by atomic mass is 9.99. The van der Waals surface area contributed by atoms with Crippen LogP contribution >= 0.6 is 0 Å². The number of carbonyl (C=O) groups excluding carboxylic acids is 2. The number of rotatable bonds is 4. The Morgan fingerprint density at radius 2 is 1.47 bits per heavy atom. The van der Waals surface area contributed by atoms with Gasteiger partial charge < -0.3 is 4.74 Å². The van der Waals surface area contributed by atoms with E-state index in [0.29, 0.717) is 0 Å². The normalized spacial score (nSPS) is 19.3. The Kier molecular flexibility index (Phi) is 4.47. The van der Waals surface area contributed by atoms with Crippen LogP contribution in [0.2, 0.25) is 0 Å². The first-order valence-electron chi connectivity index (χ1n) is 10.1. The first-order valence-corrected chi connectivity index (χ1v) is 10.1. The van der Waals surface area contributed by atoms with Crippen LogP contribution in [-0.4, -0.2) is 22.5 Å². The van der Waals surface area contributed by atoms with Crippen LogP contribution in [0.3, 0.4) is 0 Å².